The van der Waals surface area contributed by atoms with Crippen molar-refractivity contribution in [1.82, 2.24) is 9.62 Å². The molecular formula is C17H28N2O4S. The molecule has 1 aromatic carbocycles. The van der Waals surface area contributed by atoms with Crippen LogP contribution in [-0.4, -0.2) is 49.1 Å². The Morgan fingerprint density at radius 2 is 1.88 bits per heavy atom. The molecule has 0 spiro atoms. The van der Waals surface area contributed by atoms with E-state index in [0.29, 0.717) is 19.5 Å². The van der Waals surface area contributed by atoms with Crippen molar-refractivity contribution in [3.05, 3.63) is 29.3 Å². The van der Waals surface area contributed by atoms with Gasteiger partial charge in [0, 0.05) is 19.1 Å². The fourth-order valence-corrected chi connectivity index (χ4v) is 3.67. The molecule has 0 aliphatic carbocycles. The third kappa shape index (κ3) is 5.79. The maximum absolute atomic E-state index is 12.1. The van der Waals surface area contributed by atoms with E-state index in [-0.39, 0.29) is 29.2 Å². The molecule has 0 heterocycles. The number of amides is 1. The van der Waals surface area contributed by atoms with Crippen molar-refractivity contribution in [3.63, 3.8) is 0 Å². The Balaban J connectivity index is 2.58. The standard InChI is InChI=1S/C17H28N2O4S/c1-12(2)14-7-8-15(16(20)11-14)17(21)18-9-6-10-19(13(3)4)24(5,22)23/h7-8,11-13,20H,6,9-10H2,1-5H3,(H,18,21). The summed E-state index contributed by atoms with van der Waals surface area (Å²) in [6.07, 6.45) is 1.68. The summed E-state index contributed by atoms with van der Waals surface area (Å²) in [4.78, 5) is 12.1. The van der Waals surface area contributed by atoms with E-state index in [0.717, 1.165) is 5.56 Å². The SMILES string of the molecule is CC(C)c1ccc(C(=O)NCCCN(C(C)C)S(C)(=O)=O)c(O)c1. The fraction of sp³-hybridized carbons (Fsp3) is 0.588. The molecule has 0 fully saturated rings. The number of carbonyl (C=O) groups is 1. The van der Waals surface area contributed by atoms with E-state index < -0.39 is 10.0 Å². The molecule has 0 aromatic heterocycles. The van der Waals surface area contributed by atoms with Crippen molar-refractivity contribution in [2.24, 2.45) is 0 Å². The third-order valence-electron chi connectivity index (χ3n) is 3.78. The topological polar surface area (TPSA) is 86.7 Å². The van der Waals surface area contributed by atoms with Gasteiger partial charge in [-0.2, -0.15) is 4.31 Å². The summed E-state index contributed by atoms with van der Waals surface area (Å²) in [7, 11) is -3.26. The van der Waals surface area contributed by atoms with Gasteiger partial charge in [0.05, 0.1) is 11.8 Å². The van der Waals surface area contributed by atoms with Gasteiger partial charge in [-0.05, 0) is 43.9 Å². The molecule has 2 N–H and O–H groups in total. The van der Waals surface area contributed by atoms with Gasteiger partial charge < -0.3 is 10.4 Å². The highest BCUT2D eigenvalue weighted by Crippen LogP contribution is 2.23. The minimum atomic E-state index is -3.26. The molecular weight excluding hydrogens is 328 g/mol. The van der Waals surface area contributed by atoms with Crippen molar-refractivity contribution >= 4 is 15.9 Å². The number of nitrogens with one attached hydrogen (secondary N) is 1. The minimum absolute atomic E-state index is 0.0429. The van der Waals surface area contributed by atoms with E-state index in [1.807, 2.05) is 33.8 Å². The van der Waals surface area contributed by atoms with E-state index in [9.17, 15) is 18.3 Å². The molecule has 1 rings (SSSR count). The van der Waals surface area contributed by atoms with Crippen LogP contribution in [0.15, 0.2) is 18.2 Å². The van der Waals surface area contributed by atoms with Crippen LogP contribution in [0.4, 0.5) is 0 Å². The summed E-state index contributed by atoms with van der Waals surface area (Å²) >= 11 is 0. The Kier molecular flexibility index (Phi) is 7.23. The van der Waals surface area contributed by atoms with Crippen LogP contribution in [-0.2, 0) is 10.0 Å². The van der Waals surface area contributed by atoms with Crippen molar-refractivity contribution in [2.75, 3.05) is 19.3 Å². The Labute approximate surface area is 144 Å². The van der Waals surface area contributed by atoms with Gasteiger partial charge in [0.1, 0.15) is 5.75 Å². The van der Waals surface area contributed by atoms with Crippen LogP contribution in [0.1, 0.15) is 56.0 Å². The Bertz CT molecular complexity index is 669. The molecule has 24 heavy (non-hydrogen) atoms. The second kappa shape index (κ2) is 8.48. The van der Waals surface area contributed by atoms with Crippen LogP contribution in [0.2, 0.25) is 0 Å². The van der Waals surface area contributed by atoms with Crippen LogP contribution in [0.5, 0.6) is 5.75 Å². The average molecular weight is 356 g/mol. The number of phenolic OH excluding ortho intramolecular Hbond substituents is 1. The van der Waals surface area contributed by atoms with Gasteiger partial charge in [-0.1, -0.05) is 19.9 Å². The molecule has 0 bridgehead atoms. The average Bonchev–Trinajstić information content (AvgIpc) is 2.44. The van der Waals surface area contributed by atoms with E-state index >= 15 is 0 Å². The Morgan fingerprint density at radius 3 is 2.33 bits per heavy atom. The lowest BCUT2D eigenvalue weighted by Crippen LogP contribution is -2.38. The third-order valence-corrected chi connectivity index (χ3v) is 5.23. The Hall–Kier alpha value is -1.60. The number of nitrogens with zero attached hydrogens (tertiary/aromatic N) is 1. The quantitative estimate of drug-likeness (QED) is 0.700. The van der Waals surface area contributed by atoms with Crippen LogP contribution in [0.25, 0.3) is 0 Å². The predicted octanol–water partition coefficient (Wildman–Crippen LogP) is 2.31. The minimum Gasteiger partial charge on any atom is -0.507 e. The number of hydrogen-bond acceptors (Lipinski definition) is 4. The fourth-order valence-electron chi connectivity index (χ4n) is 2.44. The molecule has 0 saturated heterocycles. The normalized spacial score (nSPS) is 12.2. The summed E-state index contributed by atoms with van der Waals surface area (Å²) in [5.74, 6) is -0.136. The summed E-state index contributed by atoms with van der Waals surface area (Å²) in [6, 6.07) is 4.91. The molecule has 0 aliphatic heterocycles. The molecule has 0 saturated carbocycles. The lowest BCUT2D eigenvalue weighted by Gasteiger charge is -2.23. The van der Waals surface area contributed by atoms with Crippen LogP contribution in [0.3, 0.4) is 0 Å². The maximum Gasteiger partial charge on any atom is 0.255 e. The Morgan fingerprint density at radius 1 is 1.25 bits per heavy atom. The number of sulfonamides is 1. The lowest BCUT2D eigenvalue weighted by molar-refractivity contribution is 0.0950. The predicted molar refractivity (Wildman–Crippen MR) is 95.8 cm³/mol. The summed E-state index contributed by atoms with van der Waals surface area (Å²) in [6.45, 7) is 8.33. The van der Waals surface area contributed by atoms with Gasteiger partial charge in [0.25, 0.3) is 5.91 Å². The first kappa shape index (κ1) is 20.4. The van der Waals surface area contributed by atoms with E-state index in [1.165, 1.54) is 10.6 Å². The first-order chi connectivity index (χ1) is 11.0. The summed E-state index contributed by atoms with van der Waals surface area (Å²) in [5, 5.41) is 12.7. The zero-order valence-corrected chi connectivity index (χ0v) is 15.9. The number of phenols is 1. The number of carbonyl (C=O) groups excluding carboxylic acids is 1. The van der Waals surface area contributed by atoms with Crippen LogP contribution in [0, 0.1) is 0 Å². The molecule has 0 aliphatic rings. The zero-order valence-electron chi connectivity index (χ0n) is 15.0. The first-order valence-electron chi connectivity index (χ1n) is 8.12. The molecule has 6 nitrogen and oxygen atoms in total. The number of hydrogen-bond donors (Lipinski definition) is 2. The molecule has 136 valence electrons. The smallest absolute Gasteiger partial charge is 0.255 e. The second-order valence-electron chi connectivity index (χ2n) is 6.51. The molecule has 0 unspecified atom stereocenters. The van der Waals surface area contributed by atoms with Gasteiger partial charge in [-0.25, -0.2) is 8.42 Å². The molecule has 1 aromatic rings. The van der Waals surface area contributed by atoms with Gasteiger partial charge >= 0.3 is 0 Å². The number of rotatable bonds is 8. The van der Waals surface area contributed by atoms with E-state index in [4.69, 9.17) is 0 Å². The van der Waals surface area contributed by atoms with Crippen molar-refractivity contribution in [3.8, 4) is 5.75 Å². The highest BCUT2D eigenvalue weighted by molar-refractivity contribution is 7.88. The molecule has 1 amide bonds. The molecule has 0 atom stereocenters. The highest BCUT2D eigenvalue weighted by Gasteiger charge is 2.19. The van der Waals surface area contributed by atoms with Crippen molar-refractivity contribution in [2.45, 2.75) is 46.1 Å². The maximum atomic E-state index is 12.1. The van der Waals surface area contributed by atoms with Crippen LogP contribution >= 0.6 is 0 Å². The van der Waals surface area contributed by atoms with E-state index in [1.54, 1.807) is 12.1 Å². The summed E-state index contributed by atoms with van der Waals surface area (Å²) in [5.41, 5.74) is 1.19. The second-order valence-corrected chi connectivity index (χ2v) is 8.44. The first-order valence-corrected chi connectivity index (χ1v) is 9.96. The van der Waals surface area contributed by atoms with Gasteiger partial charge in [-0.3, -0.25) is 4.79 Å². The monoisotopic (exact) mass is 356 g/mol. The van der Waals surface area contributed by atoms with Crippen molar-refractivity contribution in [1.29, 1.82) is 0 Å². The van der Waals surface area contributed by atoms with Gasteiger partial charge in [0.15, 0.2) is 0 Å². The van der Waals surface area contributed by atoms with Crippen molar-refractivity contribution < 1.29 is 18.3 Å². The van der Waals surface area contributed by atoms with Gasteiger partial charge in [0.2, 0.25) is 10.0 Å². The highest BCUT2D eigenvalue weighted by atomic mass is 32.2. The van der Waals surface area contributed by atoms with Crippen LogP contribution < -0.4 is 5.32 Å². The lowest BCUT2D eigenvalue weighted by atomic mass is 10.0. The van der Waals surface area contributed by atoms with E-state index in [2.05, 4.69) is 5.32 Å². The van der Waals surface area contributed by atoms with Gasteiger partial charge in [-0.15, -0.1) is 0 Å². The summed E-state index contributed by atoms with van der Waals surface area (Å²) < 4.78 is 24.7. The largest absolute Gasteiger partial charge is 0.507 e. The number of aromatic hydroxyl groups is 1. The molecule has 7 heteroatoms. The number of benzene rings is 1. The molecule has 0 radical (unpaired) electrons. The zero-order chi connectivity index (χ0) is 18.5.